The lowest BCUT2D eigenvalue weighted by atomic mass is 10.2. The summed E-state index contributed by atoms with van der Waals surface area (Å²) in [5.74, 6) is 0.569. The summed E-state index contributed by atoms with van der Waals surface area (Å²) in [4.78, 5) is 34.5. The Morgan fingerprint density at radius 3 is 3.03 bits per heavy atom. The third-order valence-electron chi connectivity index (χ3n) is 5.08. The molecule has 158 valence electrons. The second-order valence-electron chi connectivity index (χ2n) is 7.21. The number of fused-ring (bicyclic) bond motifs is 2. The van der Waals surface area contributed by atoms with Crippen molar-refractivity contribution < 1.29 is 9.53 Å². The number of carbonyl (C=O) groups is 1. The molecule has 0 bridgehead atoms. The number of hydrogen-bond donors (Lipinski definition) is 2. The average molecular weight is 484 g/mol. The maximum Gasteiger partial charge on any atom is 0.258 e. The Bertz CT molecular complexity index is 1340. The Balaban J connectivity index is 1.29. The van der Waals surface area contributed by atoms with Crippen molar-refractivity contribution in [2.24, 2.45) is 0 Å². The predicted molar refractivity (Wildman–Crippen MR) is 117 cm³/mol. The largest absolute Gasteiger partial charge is 0.366 e. The van der Waals surface area contributed by atoms with Crippen LogP contribution in [-0.2, 0) is 16.1 Å². The highest BCUT2D eigenvalue weighted by Crippen LogP contribution is 2.16. The van der Waals surface area contributed by atoms with Gasteiger partial charge in [-0.2, -0.15) is 0 Å². The van der Waals surface area contributed by atoms with E-state index in [2.05, 4.69) is 41.4 Å². The fourth-order valence-electron chi connectivity index (χ4n) is 3.57. The first-order chi connectivity index (χ1) is 15.1. The molecule has 1 aliphatic heterocycles. The number of halogens is 1. The molecule has 0 saturated carbocycles. The number of morpholine rings is 1. The molecule has 0 radical (unpaired) electrons. The van der Waals surface area contributed by atoms with Gasteiger partial charge in [-0.25, -0.2) is 4.98 Å². The number of pyridine rings is 1. The number of aromatic amines is 1. The van der Waals surface area contributed by atoms with Crippen LogP contribution in [0.1, 0.15) is 5.82 Å². The normalized spacial score (nSPS) is 17.3. The van der Waals surface area contributed by atoms with Gasteiger partial charge >= 0.3 is 0 Å². The number of carbonyl (C=O) groups excluding carboxylic acids is 1. The number of anilines is 1. The number of benzene rings is 1. The van der Waals surface area contributed by atoms with Crippen LogP contribution >= 0.6 is 15.9 Å². The van der Waals surface area contributed by atoms with Crippen molar-refractivity contribution in [1.82, 2.24) is 29.5 Å². The first kappa shape index (κ1) is 19.8. The number of hydrogen-bond acceptors (Lipinski definition) is 7. The molecule has 3 aromatic heterocycles. The van der Waals surface area contributed by atoms with Gasteiger partial charge in [-0.15, -0.1) is 10.2 Å². The molecule has 0 aliphatic carbocycles. The van der Waals surface area contributed by atoms with E-state index >= 15 is 0 Å². The monoisotopic (exact) mass is 483 g/mol. The lowest BCUT2D eigenvalue weighted by molar-refractivity contribution is -0.133. The van der Waals surface area contributed by atoms with E-state index in [1.165, 1.54) is 0 Å². The van der Waals surface area contributed by atoms with Gasteiger partial charge in [-0.3, -0.25) is 24.2 Å². The van der Waals surface area contributed by atoms with E-state index in [4.69, 9.17) is 4.74 Å². The van der Waals surface area contributed by atoms with Crippen molar-refractivity contribution in [2.45, 2.75) is 12.6 Å². The molecule has 2 N–H and O–H groups in total. The topological polar surface area (TPSA) is 118 Å². The second-order valence-corrected chi connectivity index (χ2v) is 8.13. The molecule has 1 aromatic carbocycles. The van der Waals surface area contributed by atoms with Gasteiger partial charge in [0, 0.05) is 23.8 Å². The molecule has 11 heteroatoms. The molecule has 1 fully saturated rings. The molecule has 1 unspecified atom stereocenters. The number of ether oxygens (including phenoxy) is 1. The van der Waals surface area contributed by atoms with Crippen molar-refractivity contribution in [2.75, 3.05) is 25.0 Å². The molecular weight excluding hydrogens is 466 g/mol. The van der Waals surface area contributed by atoms with Crippen molar-refractivity contribution in [1.29, 1.82) is 0 Å². The summed E-state index contributed by atoms with van der Waals surface area (Å²) in [6.07, 6.45) is 1.10. The van der Waals surface area contributed by atoms with E-state index in [1.807, 2.05) is 23.1 Å². The summed E-state index contributed by atoms with van der Waals surface area (Å²) >= 11 is 3.40. The Kier molecular flexibility index (Phi) is 5.22. The summed E-state index contributed by atoms with van der Waals surface area (Å²) in [6.45, 7) is 1.79. The van der Waals surface area contributed by atoms with Gasteiger partial charge in [0.15, 0.2) is 5.65 Å². The first-order valence-corrected chi connectivity index (χ1v) is 10.5. The van der Waals surface area contributed by atoms with Crippen LogP contribution in [0, 0.1) is 0 Å². The first-order valence-electron chi connectivity index (χ1n) is 9.70. The molecule has 4 heterocycles. The number of rotatable bonds is 4. The van der Waals surface area contributed by atoms with E-state index in [0.717, 1.165) is 4.47 Å². The maximum atomic E-state index is 12.8. The molecule has 1 atom stereocenters. The van der Waals surface area contributed by atoms with Crippen molar-refractivity contribution in [3.05, 3.63) is 63.2 Å². The van der Waals surface area contributed by atoms with Gasteiger partial charge in [-0.1, -0.05) is 12.1 Å². The van der Waals surface area contributed by atoms with Crippen molar-refractivity contribution in [3.63, 3.8) is 0 Å². The molecule has 1 amide bonds. The van der Waals surface area contributed by atoms with Crippen molar-refractivity contribution in [3.8, 4) is 0 Å². The van der Waals surface area contributed by atoms with Crippen LogP contribution in [0.25, 0.3) is 16.6 Å². The number of nitrogens with one attached hydrogen (secondary N) is 2. The zero-order chi connectivity index (χ0) is 21.4. The fraction of sp³-hybridized carbons (Fsp3) is 0.250. The Labute approximate surface area is 184 Å². The van der Waals surface area contributed by atoms with E-state index in [-0.39, 0.29) is 11.5 Å². The van der Waals surface area contributed by atoms with E-state index < -0.39 is 6.10 Å². The molecule has 1 aliphatic rings. The molecule has 5 rings (SSSR count). The van der Waals surface area contributed by atoms with Crippen LogP contribution in [0.15, 0.2) is 51.9 Å². The molecule has 4 aromatic rings. The Morgan fingerprint density at radius 2 is 2.13 bits per heavy atom. The van der Waals surface area contributed by atoms with Crippen LogP contribution in [0.2, 0.25) is 0 Å². The molecule has 31 heavy (non-hydrogen) atoms. The Hall–Kier alpha value is -3.15. The van der Waals surface area contributed by atoms with Crippen LogP contribution < -0.4 is 10.9 Å². The number of amides is 1. The summed E-state index contributed by atoms with van der Waals surface area (Å²) in [5, 5.41) is 11.4. The summed E-state index contributed by atoms with van der Waals surface area (Å²) in [5.41, 5.74) is 1.10. The van der Waals surface area contributed by atoms with E-state index in [1.54, 1.807) is 28.8 Å². The molecule has 1 saturated heterocycles. The van der Waals surface area contributed by atoms with Gasteiger partial charge in [0.2, 0.25) is 5.95 Å². The maximum absolute atomic E-state index is 12.8. The predicted octanol–water partition coefficient (Wildman–Crippen LogP) is 1.57. The zero-order valence-electron chi connectivity index (χ0n) is 16.3. The molecule has 10 nitrogen and oxygen atoms in total. The Morgan fingerprint density at radius 1 is 1.26 bits per heavy atom. The molecular formula is C20H18BrN7O3. The summed E-state index contributed by atoms with van der Waals surface area (Å²) < 4.78 is 8.20. The summed E-state index contributed by atoms with van der Waals surface area (Å²) in [7, 11) is 0. The van der Waals surface area contributed by atoms with Gasteiger partial charge in [0.25, 0.3) is 11.5 Å². The highest BCUT2D eigenvalue weighted by atomic mass is 79.9. The second kappa shape index (κ2) is 8.17. The quantitative estimate of drug-likeness (QED) is 0.452. The van der Waals surface area contributed by atoms with E-state index in [0.29, 0.717) is 54.6 Å². The number of nitrogens with zero attached hydrogens (tertiary/aromatic N) is 5. The number of para-hydroxylation sites is 1. The zero-order valence-corrected chi connectivity index (χ0v) is 17.9. The van der Waals surface area contributed by atoms with Crippen LogP contribution in [0.5, 0.6) is 0 Å². The minimum Gasteiger partial charge on any atom is -0.366 e. The highest BCUT2D eigenvalue weighted by Gasteiger charge is 2.28. The fourth-order valence-corrected chi connectivity index (χ4v) is 3.90. The smallest absolute Gasteiger partial charge is 0.258 e. The standard InChI is InChI=1S/C20H18BrN7O3/c21-12-5-6-17-25-26-20(28(17)9-12)24-19(30)15-10-27(7-8-31-15)11-16-22-14-4-2-1-3-13(14)18(29)23-16/h1-6,9,15H,7-8,10-11H2,(H,22,23,29)(H,24,26,30). The van der Waals surface area contributed by atoms with Crippen LogP contribution in [0.4, 0.5) is 5.95 Å². The van der Waals surface area contributed by atoms with Gasteiger partial charge < -0.3 is 9.72 Å². The van der Waals surface area contributed by atoms with Gasteiger partial charge in [-0.05, 0) is 40.2 Å². The number of aromatic nitrogens is 5. The third-order valence-corrected chi connectivity index (χ3v) is 5.55. The average Bonchev–Trinajstić information content (AvgIpc) is 3.16. The van der Waals surface area contributed by atoms with Crippen molar-refractivity contribution >= 4 is 44.3 Å². The minimum atomic E-state index is -0.680. The molecule has 0 spiro atoms. The van der Waals surface area contributed by atoms with Crippen LogP contribution in [0.3, 0.4) is 0 Å². The number of H-pyrrole nitrogens is 1. The third kappa shape index (κ3) is 4.07. The summed E-state index contributed by atoms with van der Waals surface area (Å²) in [6, 6.07) is 10.9. The van der Waals surface area contributed by atoms with Gasteiger partial charge in [0.1, 0.15) is 11.9 Å². The SMILES string of the molecule is O=C(Nc1nnc2ccc(Br)cn12)C1CN(Cc2nc3ccccc3c(=O)[nH]2)CCO1. The minimum absolute atomic E-state index is 0.173. The van der Waals surface area contributed by atoms with E-state index in [9.17, 15) is 9.59 Å². The lowest BCUT2D eigenvalue weighted by Crippen LogP contribution is -2.47. The van der Waals surface area contributed by atoms with Crippen LogP contribution in [-0.4, -0.2) is 61.2 Å². The van der Waals surface area contributed by atoms with Gasteiger partial charge in [0.05, 0.1) is 24.1 Å². The lowest BCUT2D eigenvalue weighted by Gasteiger charge is -2.31. The highest BCUT2D eigenvalue weighted by molar-refractivity contribution is 9.10.